The van der Waals surface area contributed by atoms with Gasteiger partial charge < -0.3 is 15.3 Å². The van der Waals surface area contributed by atoms with Crippen molar-refractivity contribution in [3.8, 4) is 0 Å². The maximum atomic E-state index is 13.1. The van der Waals surface area contributed by atoms with Crippen LogP contribution in [0.4, 0.5) is 0 Å². The zero-order valence-electron chi connectivity index (χ0n) is 16.0. The minimum atomic E-state index is -0.952. The molecular formula is C22H24Cl2N2O3. The van der Waals surface area contributed by atoms with Gasteiger partial charge in [0.05, 0.1) is 15.6 Å². The van der Waals surface area contributed by atoms with Crippen LogP contribution in [0.1, 0.15) is 40.7 Å². The highest BCUT2D eigenvalue weighted by Crippen LogP contribution is 2.25. The zero-order chi connectivity index (χ0) is 20.8. The minimum absolute atomic E-state index is 0.0882. The number of carbonyl (C=O) groups excluding carboxylic acids is 1. The lowest BCUT2D eigenvalue weighted by Gasteiger charge is -2.35. The predicted molar refractivity (Wildman–Crippen MR) is 115 cm³/mol. The Balaban J connectivity index is 1.69. The monoisotopic (exact) mass is 434 g/mol. The van der Waals surface area contributed by atoms with Gasteiger partial charge in [-0.05, 0) is 67.7 Å². The number of halogens is 2. The quantitative estimate of drug-likeness (QED) is 0.676. The van der Waals surface area contributed by atoms with Crippen LogP contribution in [0.3, 0.4) is 0 Å². The van der Waals surface area contributed by atoms with Gasteiger partial charge in [-0.1, -0.05) is 41.4 Å². The summed E-state index contributed by atoms with van der Waals surface area (Å²) in [5, 5.41) is 13.3. The van der Waals surface area contributed by atoms with Crippen molar-refractivity contribution in [3.63, 3.8) is 0 Å². The Bertz CT molecular complexity index is 865. The molecule has 0 aromatic heterocycles. The Morgan fingerprint density at radius 2 is 1.66 bits per heavy atom. The summed E-state index contributed by atoms with van der Waals surface area (Å²) >= 11 is 12.2. The molecule has 1 heterocycles. The summed E-state index contributed by atoms with van der Waals surface area (Å²) < 4.78 is 0. The Kier molecular flexibility index (Phi) is 7.53. The van der Waals surface area contributed by atoms with Crippen molar-refractivity contribution < 1.29 is 14.7 Å². The van der Waals surface area contributed by atoms with Crippen molar-refractivity contribution in [1.82, 2.24) is 10.2 Å². The number of nitrogens with one attached hydrogen (secondary N) is 1. The summed E-state index contributed by atoms with van der Waals surface area (Å²) in [6, 6.07) is 12.3. The van der Waals surface area contributed by atoms with Crippen molar-refractivity contribution in [2.24, 2.45) is 0 Å². The number of piperidine rings is 1. The Hall–Kier alpha value is -2.08. The van der Waals surface area contributed by atoms with Gasteiger partial charge in [0.25, 0.3) is 0 Å². The first-order valence-corrected chi connectivity index (χ1v) is 10.5. The van der Waals surface area contributed by atoms with Gasteiger partial charge in [0, 0.05) is 19.0 Å². The molecule has 1 aliphatic heterocycles. The van der Waals surface area contributed by atoms with Crippen LogP contribution < -0.4 is 5.32 Å². The van der Waals surface area contributed by atoms with E-state index in [1.807, 2.05) is 17.0 Å². The number of rotatable bonds is 7. The number of aromatic carboxylic acids is 1. The molecule has 1 fully saturated rings. The fourth-order valence-corrected chi connectivity index (χ4v) is 3.90. The first-order chi connectivity index (χ1) is 13.9. The smallest absolute Gasteiger partial charge is 0.335 e. The number of hydrogen-bond donors (Lipinski definition) is 2. The molecular weight excluding hydrogens is 411 g/mol. The van der Waals surface area contributed by atoms with E-state index in [1.54, 1.807) is 30.3 Å². The molecule has 0 spiro atoms. The van der Waals surface area contributed by atoms with E-state index in [2.05, 4.69) is 5.32 Å². The van der Waals surface area contributed by atoms with Gasteiger partial charge in [0.2, 0.25) is 5.91 Å². The third-order valence-corrected chi connectivity index (χ3v) is 5.97. The molecule has 0 saturated carbocycles. The molecule has 0 bridgehead atoms. The fraction of sp³-hybridized carbons (Fsp3) is 0.364. The second kappa shape index (κ2) is 10.1. The van der Waals surface area contributed by atoms with E-state index in [4.69, 9.17) is 28.3 Å². The van der Waals surface area contributed by atoms with Gasteiger partial charge in [-0.15, -0.1) is 0 Å². The average molecular weight is 435 g/mol. The summed E-state index contributed by atoms with van der Waals surface area (Å²) in [4.78, 5) is 26.0. The van der Waals surface area contributed by atoms with Gasteiger partial charge in [-0.25, -0.2) is 4.79 Å². The summed E-state index contributed by atoms with van der Waals surface area (Å²) in [6.45, 7) is 2.29. The molecule has 0 aliphatic carbocycles. The zero-order valence-corrected chi connectivity index (χ0v) is 17.5. The van der Waals surface area contributed by atoms with Crippen molar-refractivity contribution in [3.05, 3.63) is 69.2 Å². The number of hydrogen-bond acceptors (Lipinski definition) is 3. The van der Waals surface area contributed by atoms with Crippen LogP contribution in [0, 0.1) is 0 Å². The molecule has 5 nitrogen and oxygen atoms in total. The molecule has 3 rings (SSSR count). The predicted octanol–water partition coefficient (Wildman–Crippen LogP) is 4.41. The van der Waals surface area contributed by atoms with Gasteiger partial charge in [0.1, 0.15) is 0 Å². The van der Waals surface area contributed by atoms with Crippen molar-refractivity contribution in [2.45, 2.75) is 38.3 Å². The molecule has 2 N–H and O–H groups in total. The van der Waals surface area contributed by atoms with Crippen LogP contribution in [-0.2, 0) is 17.8 Å². The summed E-state index contributed by atoms with van der Waals surface area (Å²) in [7, 11) is 0. The SMILES string of the molecule is O=C(O)c1ccc(CCC(=O)N(Cc2ccc(Cl)c(Cl)c2)C2CCNCC2)cc1. The molecule has 0 radical (unpaired) electrons. The fourth-order valence-electron chi connectivity index (χ4n) is 3.58. The number of carbonyl (C=O) groups is 2. The molecule has 154 valence electrons. The van der Waals surface area contributed by atoms with E-state index in [0.29, 0.717) is 29.4 Å². The normalized spacial score (nSPS) is 14.6. The largest absolute Gasteiger partial charge is 0.478 e. The van der Waals surface area contributed by atoms with Crippen molar-refractivity contribution in [1.29, 1.82) is 0 Å². The molecule has 0 unspecified atom stereocenters. The third kappa shape index (κ3) is 5.95. The maximum Gasteiger partial charge on any atom is 0.335 e. The second-order valence-corrected chi connectivity index (χ2v) is 8.07. The number of amides is 1. The van der Waals surface area contributed by atoms with Gasteiger partial charge in [-0.3, -0.25) is 4.79 Å². The number of benzene rings is 2. The molecule has 29 heavy (non-hydrogen) atoms. The average Bonchev–Trinajstić information content (AvgIpc) is 2.73. The molecule has 2 aromatic carbocycles. The highest BCUT2D eigenvalue weighted by Gasteiger charge is 2.25. The van der Waals surface area contributed by atoms with E-state index < -0.39 is 5.97 Å². The number of aryl methyl sites for hydroxylation is 1. The van der Waals surface area contributed by atoms with Crippen LogP contribution >= 0.6 is 23.2 Å². The second-order valence-electron chi connectivity index (χ2n) is 7.25. The summed E-state index contributed by atoms with van der Waals surface area (Å²) in [5.41, 5.74) is 2.15. The third-order valence-electron chi connectivity index (χ3n) is 5.24. The van der Waals surface area contributed by atoms with Crippen LogP contribution in [0.5, 0.6) is 0 Å². The minimum Gasteiger partial charge on any atom is -0.478 e. The lowest BCUT2D eigenvalue weighted by atomic mass is 10.0. The lowest BCUT2D eigenvalue weighted by molar-refractivity contribution is -0.134. The van der Waals surface area contributed by atoms with E-state index in [-0.39, 0.29) is 17.5 Å². The highest BCUT2D eigenvalue weighted by atomic mass is 35.5. The molecule has 2 aromatic rings. The van der Waals surface area contributed by atoms with E-state index in [0.717, 1.165) is 37.1 Å². The summed E-state index contributed by atoms with van der Waals surface area (Å²) in [6.07, 6.45) is 2.78. The van der Waals surface area contributed by atoms with Gasteiger partial charge in [0.15, 0.2) is 0 Å². The lowest BCUT2D eigenvalue weighted by Crippen LogP contribution is -2.45. The Morgan fingerprint density at radius 1 is 1.00 bits per heavy atom. The maximum absolute atomic E-state index is 13.1. The van der Waals surface area contributed by atoms with E-state index >= 15 is 0 Å². The highest BCUT2D eigenvalue weighted by molar-refractivity contribution is 6.42. The first kappa shape index (κ1) is 21.6. The van der Waals surface area contributed by atoms with E-state index in [1.165, 1.54) is 0 Å². The van der Waals surface area contributed by atoms with E-state index in [9.17, 15) is 9.59 Å². The number of nitrogens with zero attached hydrogens (tertiary/aromatic N) is 1. The number of carboxylic acids is 1. The molecule has 1 aliphatic rings. The van der Waals surface area contributed by atoms with Crippen molar-refractivity contribution in [2.75, 3.05) is 13.1 Å². The standard InChI is InChI=1S/C22H24Cl2N2O3/c23-19-7-3-16(13-20(19)24)14-26(18-9-11-25-12-10-18)21(27)8-4-15-1-5-17(6-2-15)22(28)29/h1-3,5-7,13,18,25H,4,8-12,14H2,(H,28,29). The van der Waals surface area contributed by atoms with Crippen LogP contribution in [0.15, 0.2) is 42.5 Å². The van der Waals surface area contributed by atoms with Gasteiger partial charge in [-0.2, -0.15) is 0 Å². The van der Waals surface area contributed by atoms with Crippen LogP contribution in [0.2, 0.25) is 10.0 Å². The molecule has 7 heteroatoms. The Morgan fingerprint density at radius 3 is 2.28 bits per heavy atom. The molecule has 0 atom stereocenters. The van der Waals surface area contributed by atoms with Crippen molar-refractivity contribution >= 4 is 35.1 Å². The summed E-state index contributed by atoms with van der Waals surface area (Å²) in [5.74, 6) is -0.864. The van der Waals surface area contributed by atoms with Gasteiger partial charge >= 0.3 is 5.97 Å². The topological polar surface area (TPSA) is 69.6 Å². The molecule has 1 amide bonds. The molecule has 1 saturated heterocycles. The Labute approximate surface area is 180 Å². The van der Waals surface area contributed by atoms with Crippen LogP contribution in [0.25, 0.3) is 0 Å². The van der Waals surface area contributed by atoms with Crippen LogP contribution in [-0.4, -0.2) is 41.0 Å². The number of carboxylic acid groups (broad SMARTS) is 1. The first-order valence-electron chi connectivity index (χ1n) is 9.70.